The molecule has 0 aromatic heterocycles. The van der Waals surface area contributed by atoms with Gasteiger partial charge in [-0.05, 0) is 60.4 Å². The topological polar surface area (TPSA) is 43.4 Å². The number of carbonyl (C=O) groups excluding carboxylic acids is 2. The fraction of sp³-hybridized carbons (Fsp3) is 0.238. The third kappa shape index (κ3) is 3.93. The summed E-state index contributed by atoms with van der Waals surface area (Å²) in [5.74, 6) is -2.31. The highest BCUT2D eigenvalue weighted by Gasteiger charge is 2.39. The molecule has 134 valence electrons. The van der Waals surface area contributed by atoms with Gasteiger partial charge in [0.25, 0.3) is 0 Å². The van der Waals surface area contributed by atoms with Gasteiger partial charge in [0.15, 0.2) is 5.78 Å². The summed E-state index contributed by atoms with van der Waals surface area (Å²) >= 11 is 3.44. The molecule has 0 saturated carbocycles. The number of ketones is 1. The summed E-state index contributed by atoms with van der Waals surface area (Å²) in [6.07, 6.45) is 1.99. The normalized spacial score (nSPS) is 19.8. The Hall–Kier alpha value is -2.27. The van der Waals surface area contributed by atoms with Gasteiger partial charge in [0.1, 0.15) is 11.7 Å². The summed E-state index contributed by atoms with van der Waals surface area (Å²) in [6.45, 7) is 1.95. The Morgan fingerprint density at radius 3 is 2.62 bits per heavy atom. The fourth-order valence-electron chi connectivity index (χ4n) is 3.30. The summed E-state index contributed by atoms with van der Waals surface area (Å²) < 4.78 is 19.2. The molecule has 2 aromatic carbocycles. The van der Waals surface area contributed by atoms with Gasteiger partial charge in [0, 0.05) is 10.4 Å². The average Bonchev–Trinajstić information content (AvgIpc) is 2.61. The molecule has 5 heteroatoms. The highest BCUT2D eigenvalue weighted by molar-refractivity contribution is 9.10. The smallest absolute Gasteiger partial charge is 0.317 e. The predicted molar refractivity (Wildman–Crippen MR) is 101 cm³/mol. The lowest BCUT2D eigenvalue weighted by Gasteiger charge is -2.29. The van der Waals surface area contributed by atoms with Crippen molar-refractivity contribution >= 4 is 33.3 Å². The van der Waals surface area contributed by atoms with E-state index in [1.165, 1.54) is 18.2 Å². The van der Waals surface area contributed by atoms with Crippen molar-refractivity contribution in [1.29, 1.82) is 0 Å². The molecule has 0 bridgehead atoms. The lowest BCUT2D eigenvalue weighted by molar-refractivity contribution is -0.151. The first kappa shape index (κ1) is 18.5. The summed E-state index contributed by atoms with van der Waals surface area (Å²) in [7, 11) is 0. The number of ether oxygens (including phenoxy) is 1. The van der Waals surface area contributed by atoms with Gasteiger partial charge >= 0.3 is 5.97 Å². The van der Waals surface area contributed by atoms with E-state index in [1.54, 1.807) is 19.1 Å². The van der Waals surface area contributed by atoms with Crippen molar-refractivity contribution in [3.63, 3.8) is 0 Å². The zero-order chi connectivity index (χ0) is 18.7. The highest BCUT2D eigenvalue weighted by Crippen LogP contribution is 2.40. The van der Waals surface area contributed by atoms with E-state index in [0.717, 1.165) is 21.2 Å². The van der Waals surface area contributed by atoms with Gasteiger partial charge in [0.05, 0.1) is 6.61 Å². The Bertz CT molecular complexity index is 858. The van der Waals surface area contributed by atoms with Crippen LogP contribution in [0.1, 0.15) is 30.4 Å². The van der Waals surface area contributed by atoms with Crippen molar-refractivity contribution in [3.05, 3.63) is 76.0 Å². The van der Waals surface area contributed by atoms with Crippen LogP contribution in [0.4, 0.5) is 4.39 Å². The standard InChI is InChI=1S/C21H18BrFO3/c1-2-26-21(25)20-18(14-4-3-5-16(22)10-14)11-15(12-19(20)24)13-6-8-17(23)9-7-13/h3-10,12,18,20H,2,11H2,1H3. The highest BCUT2D eigenvalue weighted by atomic mass is 79.9. The number of benzene rings is 2. The maximum absolute atomic E-state index is 13.2. The minimum absolute atomic E-state index is 0.225. The van der Waals surface area contributed by atoms with E-state index in [-0.39, 0.29) is 24.1 Å². The maximum atomic E-state index is 13.2. The molecule has 2 aromatic rings. The molecule has 0 heterocycles. The van der Waals surface area contributed by atoms with Gasteiger partial charge in [-0.1, -0.05) is 40.2 Å². The first-order chi connectivity index (χ1) is 12.5. The second-order valence-corrected chi connectivity index (χ2v) is 7.09. The molecule has 1 aliphatic carbocycles. The molecule has 0 saturated heterocycles. The second-order valence-electron chi connectivity index (χ2n) is 6.17. The summed E-state index contributed by atoms with van der Waals surface area (Å²) in [5, 5.41) is 0. The number of rotatable bonds is 4. The zero-order valence-electron chi connectivity index (χ0n) is 14.2. The van der Waals surface area contributed by atoms with Crippen LogP contribution in [0.3, 0.4) is 0 Å². The predicted octanol–water partition coefficient (Wildman–Crippen LogP) is 4.91. The average molecular weight is 417 g/mol. The monoisotopic (exact) mass is 416 g/mol. The number of esters is 1. The number of halogens is 2. The second kappa shape index (κ2) is 7.96. The van der Waals surface area contributed by atoms with Crippen molar-refractivity contribution in [2.24, 2.45) is 5.92 Å². The molecule has 0 spiro atoms. The Labute approximate surface area is 160 Å². The SMILES string of the molecule is CCOC(=O)C1C(=O)C=C(c2ccc(F)cc2)CC1c1cccc(Br)c1. The molecule has 3 rings (SSSR count). The molecule has 2 unspecified atom stereocenters. The van der Waals surface area contributed by atoms with Gasteiger partial charge in [-0.2, -0.15) is 0 Å². The van der Waals surface area contributed by atoms with Crippen molar-refractivity contribution < 1.29 is 18.7 Å². The summed E-state index contributed by atoms with van der Waals surface area (Å²) in [5.41, 5.74) is 2.46. The molecule has 0 radical (unpaired) electrons. The largest absolute Gasteiger partial charge is 0.465 e. The van der Waals surface area contributed by atoms with E-state index in [9.17, 15) is 14.0 Å². The van der Waals surface area contributed by atoms with Gasteiger partial charge in [0.2, 0.25) is 0 Å². The van der Waals surface area contributed by atoms with Crippen LogP contribution in [-0.4, -0.2) is 18.4 Å². The molecular formula is C21H18BrFO3. The number of allylic oxidation sites excluding steroid dienone is 2. The molecule has 2 atom stereocenters. The first-order valence-electron chi connectivity index (χ1n) is 8.42. The Morgan fingerprint density at radius 1 is 1.23 bits per heavy atom. The van der Waals surface area contributed by atoms with Crippen LogP contribution in [-0.2, 0) is 14.3 Å². The van der Waals surface area contributed by atoms with E-state index in [2.05, 4.69) is 15.9 Å². The number of hydrogen-bond acceptors (Lipinski definition) is 3. The zero-order valence-corrected chi connectivity index (χ0v) is 15.8. The summed E-state index contributed by atoms with van der Waals surface area (Å²) in [4.78, 5) is 25.2. The van der Waals surface area contributed by atoms with Crippen molar-refractivity contribution in [1.82, 2.24) is 0 Å². The van der Waals surface area contributed by atoms with Gasteiger partial charge < -0.3 is 4.74 Å². The van der Waals surface area contributed by atoms with Crippen molar-refractivity contribution in [2.45, 2.75) is 19.3 Å². The lowest BCUT2D eigenvalue weighted by Crippen LogP contribution is -2.34. The van der Waals surface area contributed by atoms with Crippen LogP contribution in [0.25, 0.3) is 5.57 Å². The van der Waals surface area contributed by atoms with E-state index >= 15 is 0 Å². The van der Waals surface area contributed by atoms with Crippen LogP contribution < -0.4 is 0 Å². The summed E-state index contributed by atoms with van der Waals surface area (Å²) in [6, 6.07) is 13.6. The third-order valence-electron chi connectivity index (χ3n) is 4.50. The molecule has 0 amide bonds. The van der Waals surface area contributed by atoms with Gasteiger partial charge in [-0.25, -0.2) is 4.39 Å². The van der Waals surface area contributed by atoms with Gasteiger partial charge in [-0.15, -0.1) is 0 Å². The molecule has 3 nitrogen and oxygen atoms in total. The molecule has 1 aliphatic rings. The quantitative estimate of drug-likeness (QED) is 0.525. The van der Waals surface area contributed by atoms with Crippen LogP contribution in [0.2, 0.25) is 0 Å². The van der Waals surface area contributed by atoms with E-state index in [4.69, 9.17) is 4.74 Å². The fourth-order valence-corrected chi connectivity index (χ4v) is 3.72. The maximum Gasteiger partial charge on any atom is 0.317 e. The van der Waals surface area contributed by atoms with E-state index in [0.29, 0.717) is 6.42 Å². The number of carbonyl (C=O) groups is 2. The Kier molecular flexibility index (Phi) is 5.67. The lowest BCUT2D eigenvalue weighted by atomic mass is 9.73. The van der Waals surface area contributed by atoms with Crippen LogP contribution in [0, 0.1) is 11.7 Å². The Morgan fingerprint density at radius 2 is 1.96 bits per heavy atom. The molecular weight excluding hydrogens is 399 g/mol. The Balaban J connectivity index is 2.02. The minimum Gasteiger partial charge on any atom is -0.465 e. The van der Waals surface area contributed by atoms with Crippen LogP contribution in [0.15, 0.2) is 59.1 Å². The van der Waals surface area contributed by atoms with Crippen molar-refractivity contribution in [3.8, 4) is 0 Å². The third-order valence-corrected chi connectivity index (χ3v) is 4.99. The van der Waals surface area contributed by atoms with Crippen LogP contribution >= 0.6 is 15.9 Å². The molecule has 0 fully saturated rings. The molecule has 0 N–H and O–H groups in total. The minimum atomic E-state index is -0.867. The number of hydrogen-bond donors (Lipinski definition) is 0. The van der Waals surface area contributed by atoms with Crippen molar-refractivity contribution in [2.75, 3.05) is 6.61 Å². The van der Waals surface area contributed by atoms with Crippen LogP contribution in [0.5, 0.6) is 0 Å². The van der Waals surface area contributed by atoms with Gasteiger partial charge in [-0.3, -0.25) is 9.59 Å². The molecule has 0 aliphatic heterocycles. The van der Waals surface area contributed by atoms with E-state index in [1.807, 2.05) is 24.3 Å². The van der Waals surface area contributed by atoms with E-state index < -0.39 is 11.9 Å². The first-order valence-corrected chi connectivity index (χ1v) is 9.21. The molecule has 26 heavy (non-hydrogen) atoms.